The molecule has 24 heavy (non-hydrogen) atoms. The summed E-state index contributed by atoms with van der Waals surface area (Å²) in [5.41, 5.74) is 2.23. The summed E-state index contributed by atoms with van der Waals surface area (Å²) in [4.78, 5) is 2.51. The number of nitrogens with zero attached hydrogens (tertiary/aromatic N) is 1. The highest BCUT2D eigenvalue weighted by Gasteiger charge is 2.31. The Morgan fingerprint density at radius 2 is 2.00 bits per heavy atom. The van der Waals surface area contributed by atoms with E-state index in [-0.39, 0.29) is 6.04 Å². The molecule has 1 fully saturated rings. The van der Waals surface area contributed by atoms with Gasteiger partial charge in [0.05, 0.1) is 6.04 Å². The molecule has 2 aromatic rings. The number of para-hydroxylation sites is 1. The van der Waals surface area contributed by atoms with E-state index in [9.17, 15) is 0 Å². The first-order chi connectivity index (χ1) is 11.8. The fraction of sp³-hybridized carbons (Fsp3) is 0.400. The van der Waals surface area contributed by atoms with Crippen LogP contribution in [0.3, 0.4) is 0 Å². The smallest absolute Gasteiger partial charge is 0.134 e. The summed E-state index contributed by atoms with van der Waals surface area (Å²) in [5.74, 6) is 1.79. The van der Waals surface area contributed by atoms with Gasteiger partial charge in [0, 0.05) is 28.7 Å². The van der Waals surface area contributed by atoms with Gasteiger partial charge in [-0.3, -0.25) is 0 Å². The zero-order valence-electron chi connectivity index (χ0n) is 14.0. The van der Waals surface area contributed by atoms with E-state index in [0.29, 0.717) is 6.04 Å². The van der Waals surface area contributed by atoms with Crippen LogP contribution < -0.4 is 10.1 Å². The Hall–Kier alpha value is -1.55. The van der Waals surface area contributed by atoms with E-state index in [4.69, 9.17) is 16.3 Å². The first-order valence-electron chi connectivity index (χ1n) is 8.80. The van der Waals surface area contributed by atoms with E-state index < -0.39 is 0 Å². The lowest BCUT2D eigenvalue weighted by molar-refractivity contribution is 0.192. The molecule has 0 aliphatic carbocycles. The van der Waals surface area contributed by atoms with Crippen LogP contribution in [0.25, 0.3) is 0 Å². The van der Waals surface area contributed by atoms with Gasteiger partial charge in [-0.25, -0.2) is 0 Å². The van der Waals surface area contributed by atoms with Crippen molar-refractivity contribution in [2.24, 2.45) is 0 Å². The van der Waals surface area contributed by atoms with E-state index in [1.807, 2.05) is 30.3 Å². The van der Waals surface area contributed by atoms with Gasteiger partial charge in [-0.05, 0) is 44.1 Å². The second-order valence-corrected chi connectivity index (χ2v) is 7.03. The normalized spacial score (nSPS) is 23.2. The quantitative estimate of drug-likeness (QED) is 0.881. The molecule has 2 aliphatic rings. The highest BCUT2D eigenvalue weighted by atomic mass is 35.5. The maximum atomic E-state index is 6.55. The average molecular weight is 343 g/mol. The summed E-state index contributed by atoms with van der Waals surface area (Å²) in [6.45, 7) is 5.64. The SMILES string of the molecule is CCN1CCCC(NC2c3ccccc3Oc3cccc(Cl)c32)C1. The van der Waals surface area contributed by atoms with Gasteiger partial charge < -0.3 is 15.0 Å². The fourth-order valence-corrected chi connectivity index (χ4v) is 4.13. The molecule has 2 unspecified atom stereocenters. The Morgan fingerprint density at radius 1 is 1.17 bits per heavy atom. The third kappa shape index (κ3) is 2.92. The molecule has 2 aliphatic heterocycles. The minimum absolute atomic E-state index is 0.0838. The predicted octanol–water partition coefficient (Wildman–Crippen LogP) is 4.61. The number of halogens is 1. The van der Waals surface area contributed by atoms with Crippen molar-refractivity contribution >= 4 is 11.6 Å². The Kier molecular flexibility index (Phi) is 4.49. The van der Waals surface area contributed by atoms with Crippen LogP contribution in [0.2, 0.25) is 5.02 Å². The third-order valence-electron chi connectivity index (χ3n) is 5.11. The van der Waals surface area contributed by atoms with E-state index in [1.165, 1.54) is 24.9 Å². The topological polar surface area (TPSA) is 24.5 Å². The minimum Gasteiger partial charge on any atom is -0.457 e. The lowest BCUT2D eigenvalue weighted by Crippen LogP contribution is -2.47. The van der Waals surface area contributed by atoms with Crippen LogP contribution in [0, 0.1) is 0 Å². The molecule has 0 aromatic heterocycles. The summed E-state index contributed by atoms with van der Waals surface area (Å²) in [7, 11) is 0. The van der Waals surface area contributed by atoms with Crippen LogP contribution in [0.1, 0.15) is 36.9 Å². The van der Waals surface area contributed by atoms with Gasteiger partial charge in [0.15, 0.2) is 0 Å². The van der Waals surface area contributed by atoms with Crippen molar-refractivity contribution < 1.29 is 4.74 Å². The van der Waals surface area contributed by atoms with Gasteiger partial charge >= 0.3 is 0 Å². The highest BCUT2D eigenvalue weighted by molar-refractivity contribution is 6.31. The van der Waals surface area contributed by atoms with E-state index >= 15 is 0 Å². The van der Waals surface area contributed by atoms with Crippen LogP contribution in [0.5, 0.6) is 11.5 Å². The molecule has 1 saturated heterocycles. The number of benzene rings is 2. The number of rotatable bonds is 3. The molecular formula is C20H23ClN2O. The summed E-state index contributed by atoms with van der Waals surface area (Å²) >= 11 is 6.55. The maximum absolute atomic E-state index is 6.55. The Bertz CT molecular complexity index is 733. The number of nitrogens with one attached hydrogen (secondary N) is 1. The molecule has 4 heteroatoms. The average Bonchev–Trinajstić information content (AvgIpc) is 2.62. The molecule has 3 nitrogen and oxygen atoms in total. The van der Waals surface area contributed by atoms with Gasteiger partial charge in [0.1, 0.15) is 11.5 Å². The molecule has 2 heterocycles. The molecular weight excluding hydrogens is 320 g/mol. The van der Waals surface area contributed by atoms with Crippen LogP contribution in [-0.2, 0) is 0 Å². The van der Waals surface area contributed by atoms with Gasteiger partial charge in [-0.1, -0.05) is 42.8 Å². The highest BCUT2D eigenvalue weighted by Crippen LogP contribution is 2.45. The van der Waals surface area contributed by atoms with Crippen LogP contribution >= 0.6 is 11.6 Å². The second-order valence-electron chi connectivity index (χ2n) is 6.62. The Labute approximate surface area is 148 Å². The second kappa shape index (κ2) is 6.75. The maximum Gasteiger partial charge on any atom is 0.134 e. The zero-order valence-corrected chi connectivity index (χ0v) is 14.7. The fourth-order valence-electron chi connectivity index (χ4n) is 3.86. The monoisotopic (exact) mass is 342 g/mol. The van der Waals surface area contributed by atoms with Gasteiger partial charge in [0.2, 0.25) is 0 Å². The number of hydrogen-bond donors (Lipinski definition) is 1. The Balaban J connectivity index is 1.69. The largest absolute Gasteiger partial charge is 0.457 e. The van der Waals surface area contributed by atoms with Crippen molar-refractivity contribution in [3.63, 3.8) is 0 Å². The van der Waals surface area contributed by atoms with Gasteiger partial charge in [0.25, 0.3) is 0 Å². The van der Waals surface area contributed by atoms with Crippen LogP contribution in [0.4, 0.5) is 0 Å². The molecule has 0 saturated carbocycles. The van der Waals surface area contributed by atoms with E-state index in [2.05, 4.69) is 29.3 Å². The van der Waals surface area contributed by atoms with Crippen molar-refractivity contribution in [1.29, 1.82) is 0 Å². The van der Waals surface area contributed by atoms with Crippen molar-refractivity contribution in [1.82, 2.24) is 10.2 Å². The van der Waals surface area contributed by atoms with Crippen molar-refractivity contribution in [2.45, 2.75) is 31.8 Å². The number of ether oxygens (including phenoxy) is 1. The zero-order chi connectivity index (χ0) is 16.5. The lowest BCUT2D eigenvalue weighted by Gasteiger charge is -2.37. The third-order valence-corrected chi connectivity index (χ3v) is 5.44. The van der Waals surface area contributed by atoms with Gasteiger partial charge in [-0.2, -0.15) is 0 Å². The van der Waals surface area contributed by atoms with Crippen molar-refractivity contribution in [2.75, 3.05) is 19.6 Å². The molecule has 0 radical (unpaired) electrons. The van der Waals surface area contributed by atoms with Crippen molar-refractivity contribution in [3.05, 3.63) is 58.6 Å². The molecule has 0 bridgehead atoms. The van der Waals surface area contributed by atoms with Crippen LogP contribution in [0.15, 0.2) is 42.5 Å². The number of fused-ring (bicyclic) bond motifs is 2. The molecule has 0 spiro atoms. The first kappa shape index (κ1) is 15.9. The number of likely N-dealkylation sites (N-methyl/N-ethyl adjacent to an activating group) is 1. The van der Waals surface area contributed by atoms with Crippen molar-refractivity contribution in [3.8, 4) is 11.5 Å². The molecule has 0 amide bonds. The van der Waals surface area contributed by atoms with Crippen LogP contribution in [-0.4, -0.2) is 30.6 Å². The molecule has 126 valence electrons. The predicted molar refractivity (Wildman–Crippen MR) is 98.1 cm³/mol. The van der Waals surface area contributed by atoms with E-state index in [0.717, 1.165) is 35.2 Å². The summed E-state index contributed by atoms with van der Waals surface area (Å²) in [6.07, 6.45) is 2.45. The lowest BCUT2D eigenvalue weighted by atomic mass is 9.92. The minimum atomic E-state index is 0.0838. The first-order valence-corrected chi connectivity index (χ1v) is 9.17. The summed E-state index contributed by atoms with van der Waals surface area (Å²) in [6, 6.07) is 14.7. The molecule has 4 rings (SSSR count). The number of hydrogen-bond acceptors (Lipinski definition) is 3. The standard InChI is InChI=1S/C20H23ClN2O/c1-2-23-12-6-7-14(13-23)22-20-15-8-3-4-10-17(15)24-18-11-5-9-16(21)19(18)20/h3-5,8-11,14,20,22H,2,6-7,12-13H2,1H3. The van der Waals surface area contributed by atoms with E-state index in [1.54, 1.807) is 0 Å². The molecule has 1 N–H and O–H groups in total. The number of piperidine rings is 1. The van der Waals surface area contributed by atoms with Gasteiger partial charge in [-0.15, -0.1) is 0 Å². The molecule has 2 aromatic carbocycles. The molecule has 2 atom stereocenters. The summed E-state index contributed by atoms with van der Waals surface area (Å²) < 4.78 is 6.09. The number of likely N-dealkylation sites (tertiary alicyclic amines) is 1. The Morgan fingerprint density at radius 3 is 2.88 bits per heavy atom. The summed E-state index contributed by atoms with van der Waals surface area (Å²) in [5, 5.41) is 4.64.